The highest BCUT2D eigenvalue weighted by Gasteiger charge is 2.25. The number of aromatic nitrogens is 1. The number of nitrogens with zero attached hydrogens (tertiary/aromatic N) is 2. The second-order valence-electron chi connectivity index (χ2n) is 7.06. The van der Waals surface area contributed by atoms with Gasteiger partial charge in [0, 0.05) is 26.1 Å². The Morgan fingerprint density at radius 3 is 2.85 bits per heavy atom. The fourth-order valence-electron chi connectivity index (χ4n) is 3.70. The number of ketones is 1. The molecule has 0 amide bonds. The van der Waals surface area contributed by atoms with Crippen molar-refractivity contribution in [1.82, 2.24) is 4.98 Å². The lowest BCUT2D eigenvalue weighted by atomic mass is 9.73. The smallest absolute Gasteiger partial charge is 0.423 e. The first-order valence-corrected chi connectivity index (χ1v) is 9.36. The predicted molar refractivity (Wildman–Crippen MR) is 104 cm³/mol. The van der Waals surface area contributed by atoms with Crippen LogP contribution < -0.4 is 10.4 Å². The zero-order chi connectivity index (χ0) is 18.8. The molecule has 0 aliphatic carbocycles. The van der Waals surface area contributed by atoms with E-state index in [1.807, 2.05) is 31.2 Å². The Bertz CT molecular complexity index is 852. The van der Waals surface area contributed by atoms with Gasteiger partial charge < -0.3 is 19.3 Å². The summed E-state index contributed by atoms with van der Waals surface area (Å²) in [5.41, 5.74) is 5.11. The van der Waals surface area contributed by atoms with Crippen molar-refractivity contribution in [3.63, 3.8) is 0 Å². The highest BCUT2D eigenvalue weighted by Crippen LogP contribution is 2.19. The molecule has 6 nitrogen and oxygen atoms in total. The molecule has 0 bridgehead atoms. The number of aryl methyl sites for hydroxylation is 1. The van der Waals surface area contributed by atoms with Crippen LogP contribution in [-0.2, 0) is 22.2 Å². The zero-order valence-electron chi connectivity index (χ0n) is 15.5. The van der Waals surface area contributed by atoms with Gasteiger partial charge in [0.15, 0.2) is 5.78 Å². The van der Waals surface area contributed by atoms with Gasteiger partial charge in [-0.15, -0.1) is 0 Å². The lowest BCUT2D eigenvalue weighted by Crippen LogP contribution is -2.41. The van der Waals surface area contributed by atoms with Gasteiger partial charge in [-0.3, -0.25) is 9.78 Å². The second kappa shape index (κ2) is 7.80. The van der Waals surface area contributed by atoms with Crippen LogP contribution in [0.3, 0.4) is 0 Å². The monoisotopic (exact) mass is 366 g/mol. The number of Topliss-reactive ketones (excluding diaryl/α,β-unsaturated/α-hetero) is 1. The van der Waals surface area contributed by atoms with Crippen molar-refractivity contribution in [3.05, 3.63) is 52.8 Å². The molecule has 2 aliphatic heterocycles. The number of anilines is 1. The third kappa shape index (κ3) is 3.90. The standard InChI is InChI=1S/C20H23BN2O4/c1-14-10-17(23-5-8-26-9-6-23)13-22-20(14)19(24)12-15-2-3-16-4-7-27-21(25)18(16)11-15/h2-3,10-11,13,25H,4-9,12H2,1H3. The molecule has 1 saturated heterocycles. The van der Waals surface area contributed by atoms with Gasteiger partial charge in [-0.1, -0.05) is 18.2 Å². The summed E-state index contributed by atoms with van der Waals surface area (Å²) < 4.78 is 10.7. The Morgan fingerprint density at radius 2 is 2.07 bits per heavy atom. The normalized spacial score (nSPS) is 17.0. The molecule has 140 valence electrons. The average molecular weight is 366 g/mol. The van der Waals surface area contributed by atoms with Crippen LogP contribution >= 0.6 is 0 Å². The van der Waals surface area contributed by atoms with E-state index in [1.54, 1.807) is 6.20 Å². The topological polar surface area (TPSA) is 71.9 Å². The van der Waals surface area contributed by atoms with E-state index >= 15 is 0 Å². The Labute approximate surface area is 159 Å². The van der Waals surface area contributed by atoms with Crippen molar-refractivity contribution < 1.29 is 19.2 Å². The Balaban J connectivity index is 1.50. The summed E-state index contributed by atoms with van der Waals surface area (Å²) in [6, 6.07) is 7.82. The average Bonchev–Trinajstić information content (AvgIpc) is 2.69. The molecule has 1 aromatic heterocycles. The van der Waals surface area contributed by atoms with E-state index in [2.05, 4.69) is 9.88 Å². The quantitative estimate of drug-likeness (QED) is 0.641. The minimum atomic E-state index is -0.906. The lowest BCUT2D eigenvalue weighted by molar-refractivity contribution is 0.0987. The minimum Gasteiger partial charge on any atom is -0.423 e. The molecule has 4 rings (SSSR count). The number of pyridine rings is 1. The van der Waals surface area contributed by atoms with E-state index in [0.29, 0.717) is 25.5 Å². The Morgan fingerprint density at radius 1 is 1.26 bits per heavy atom. The summed E-state index contributed by atoms with van der Waals surface area (Å²) in [7, 11) is -0.906. The summed E-state index contributed by atoms with van der Waals surface area (Å²) in [5.74, 6) is -0.0211. The summed E-state index contributed by atoms with van der Waals surface area (Å²) in [5, 5.41) is 10.0. The number of carbonyl (C=O) groups excluding carboxylic acids is 1. The van der Waals surface area contributed by atoms with Gasteiger partial charge in [0.1, 0.15) is 5.69 Å². The zero-order valence-corrected chi connectivity index (χ0v) is 15.5. The number of hydrogen-bond donors (Lipinski definition) is 1. The van der Waals surface area contributed by atoms with E-state index in [4.69, 9.17) is 9.39 Å². The number of morpholine rings is 1. The van der Waals surface area contributed by atoms with Crippen LogP contribution in [0.2, 0.25) is 0 Å². The molecular weight excluding hydrogens is 343 g/mol. The van der Waals surface area contributed by atoms with E-state index in [-0.39, 0.29) is 12.2 Å². The highest BCUT2D eigenvalue weighted by atomic mass is 16.5. The van der Waals surface area contributed by atoms with E-state index in [0.717, 1.165) is 47.4 Å². The van der Waals surface area contributed by atoms with Crippen LogP contribution in [0.15, 0.2) is 30.5 Å². The highest BCUT2D eigenvalue weighted by molar-refractivity contribution is 6.60. The molecule has 7 heteroatoms. The summed E-state index contributed by atoms with van der Waals surface area (Å²) in [6.07, 6.45) is 2.81. The van der Waals surface area contributed by atoms with Gasteiger partial charge in [-0.05, 0) is 41.6 Å². The van der Waals surface area contributed by atoms with Gasteiger partial charge in [-0.2, -0.15) is 0 Å². The first-order chi connectivity index (χ1) is 13.1. The van der Waals surface area contributed by atoms with E-state index in [1.165, 1.54) is 0 Å². The van der Waals surface area contributed by atoms with Crippen LogP contribution in [0.4, 0.5) is 5.69 Å². The Hall–Kier alpha value is -2.22. The number of benzene rings is 1. The van der Waals surface area contributed by atoms with Crippen LogP contribution in [0.5, 0.6) is 0 Å². The fourth-order valence-corrected chi connectivity index (χ4v) is 3.70. The lowest BCUT2D eigenvalue weighted by Gasteiger charge is -2.28. The number of hydrogen-bond acceptors (Lipinski definition) is 6. The van der Waals surface area contributed by atoms with Crippen LogP contribution in [0.25, 0.3) is 0 Å². The maximum Gasteiger partial charge on any atom is 0.491 e. The summed E-state index contributed by atoms with van der Waals surface area (Å²) in [4.78, 5) is 19.5. The van der Waals surface area contributed by atoms with Crippen LogP contribution in [-0.4, -0.2) is 55.8 Å². The van der Waals surface area contributed by atoms with Crippen molar-refractivity contribution in [1.29, 1.82) is 0 Å². The molecule has 0 spiro atoms. The first-order valence-electron chi connectivity index (χ1n) is 9.36. The molecule has 1 fully saturated rings. The maximum atomic E-state index is 12.8. The molecule has 0 atom stereocenters. The van der Waals surface area contributed by atoms with Crippen LogP contribution in [0.1, 0.15) is 27.2 Å². The van der Waals surface area contributed by atoms with E-state index < -0.39 is 7.12 Å². The van der Waals surface area contributed by atoms with Gasteiger partial charge >= 0.3 is 7.12 Å². The largest absolute Gasteiger partial charge is 0.491 e. The molecule has 3 heterocycles. The van der Waals surface area contributed by atoms with Crippen LogP contribution in [0, 0.1) is 6.92 Å². The SMILES string of the molecule is Cc1cc(N2CCOCC2)cnc1C(=O)Cc1ccc2c(c1)B(O)OCC2. The summed E-state index contributed by atoms with van der Waals surface area (Å²) in [6.45, 7) is 5.56. The van der Waals surface area contributed by atoms with E-state index in [9.17, 15) is 9.82 Å². The third-order valence-electron chi connectivity index (χ3n) is 5.19. The molecule has 0 saturated carbocycles. The number of rotatable bonds is 4. The number of fused-ring (bicyclic) bond motifs is 1. The Kier molecular flexibility index (Phi) is 5.25. The van der Waals surface area contributed by atoms with Gasteiger partial charge in [0.2, 0.25) is 0 Å². The molecule has 2 aromatic rings. The fraction of sp³-hybridized carbons (Fsp3) is 0.400. The van der Waals surface area contributed by atoms with Crippen molar-refractivity contribution in [2.45, 2.75) is 19.8 Å². The molecular formula is C20H23BN2O4. The van der Waals surface area contributed by atoms with Gasteiger partial charge in [-0.25, -0.2) is 0 Å². The maximum absolute atomic E-state index is 12.8. The molecule has 0 radical (unpaired) electrons. The van der Waals surface area contributed by atoms with Gasteiger partial charge in [0.05, 0.1) is 25.1 Å². The molecule has 27 heavy (non-hydrogen) atoms. The minimum absolute atomic E-state index is 0.0211. The third-order valence-corrected chi connectivity index (χ3v) is 5.19. The van der Waals surface area contributed by atoms with Crippen molar-refractivity contribution in [2.75, 3.05) is 37.8 Å². The summed E-state index contributed by atoms with van der Waals surface area (Å²) >= 11 is 0. The molecule has 1 aromatic carbocycles. The molecule has 1 N–H and O–H groups in total. The molecule has 2 aliphatic rings. The van der Waals surface area contributed by atoms with Crippen molar-refractivity contribution >= 4 is 24.1 Å². The van der Waals surface area contributed by atoms with Gasteiger partial charge in [0.25, 0.3) is 0 Å². The molecule has 0 unspecified atom stereocenters. The first kappa shape index (κ1) is 18.2. The number of ether oxygens (including phenoxy) is 1. The van der Waals surface area contributed by atoms with Crippen molar-refractivity contribution in [2.24, 2.45) is 0 Å². The predicted octanol–water partition coefficient (Wildman–Crippen LogP) is 0.912. The second-order valence-corrected chi connectivity index (χ2v) is 7.06. The number of carbonyl (C=O) groups is 1. The van der Waals surface area contributed by atoms with Crippen molar-refractivity contribution in [3.8, 4) is 0 Å².